The molecule has 2 N–H and O–H groups in total. The van der Waals surface area contributed by atoms with Crippen molar-refractivity contribution in [1.82, 2.24) is 10.6 Å². The summed E-state index contributed by atoms with van der Waals surface area (Å²) in [6, 6.07) is 10.6. The number of nitrogens with zero attached hydrogens (tertiary/aromatic N) is 1. The van der Waals surface area contributed by atoms with Crippen molar-refractivity contribution < 1.29 is 0 Å². The van der Waals surface area contributed by atoms with E-state index in [1.807, 2.05) is 6.08 Å². The minimum absolute atomic E-state index is 0.475. The Morgan fingerprint density at radius 2 is 1.95 bits per heavy atom. The highest BCUT2D eigenvalue weighted by Crippen LogP contribution is 2.23. The van der Waals surface area contributed by atoms with Crippen molar-refractivity contribution in [3.05, 3.63) is 48.6 Å². The van der Waals surface area contributed by atoms with Crippen LogP contribution in [0.15, 0.2) is 48.0 Å². The van der Waals surface area contributed by atoms with Gasteiger partial charge in [0.2, 0.25) is 0 Å². The third kappa shape index (κ3) is 5.16. The van der Waals surface area contributed by atoms with Crippen molar-refractivity contribution >= 4 is 5.96 Å². The predicted octanol–water partition coefficient (Wildman–Crippen LogP) is 2.78. The van der Waals surface area contributed by atoms with Gasteiger partial charge in [-0.25, -0.2) is 0 Å². The minimum Gasteiger partial charge on any atom is -0.356 e. The Bertz CT molecular complexity index is 396. The molecule has 0 amide bonds. The lowest BCUT2D eigenvalue weighted by Gasteiger charge is -2.23. The fourth-order valence-corrected chi connectivity index (χ4v) is 2.03. The Morgan fingerprint density at radius 3 is 2.47 bits per heavy atom. The Labute approximate surface area is 116 Å². The van der Waals surface area contributed by atoms with Crippen LogP contribution in [0.2, 0.25) is 0 Å². The van der Waals surface area contributed by atoms with Crippen molar-refractivity contribution in [2.45, 2.75) is 19.8 Å². The molecular weight excluding hydrogens is 234 g/mol. The molecule has 3 nitrogen and oxygen atoms in total. The fraction of sp³-hybridized carbons (Fsp3) is 0.438. The monoisotopic (exact) mass is 259 g/mol. The summed E-state index contributed by atoms with van der Waals surface area (Å²) < 4.78 is 0. The first-order chi connectivity index (χ1) is 9.19. The molecule has 1 rings (SSSR count). The first-order valence-electron chi connectivity index (χ1n) is 6.79. The van der Waals surface area contributed by atoms with Gasteiger partial charge in [-0.1, -0.05) is 50.3 Å². The number of hydrogen-bond donors (Lipinski definition) is 2. The maximum Gasteiger partial charge on any atom is 0.191 e. The maximum atomic E-state index is 4.20. The Morgan fingerprint density at radius 1 is 1.26 bits per heavy atom. The molecule has 1 aromatic carbocycles. The van der Waals surface area contributed by atoms with E-state index in [9.17, 15) is 0 Å². The van der Waals surface area contributed by atoms with Crippen molar-refractivity contribution in [1.29, 1.82) is 0 Å². The lowest BCUT2D eigenvalue weighted by molar-refractivity contribution is 0.488. The summed E-state index contributed by atoms with van der Waals surface area (Å²) in [7, 11) is 1.78. The highest BCUT2D eigenvalue weighted by molar-refractivity contribution is 5.79. The third-order valence-corrected chi connectivity index (χ3v) is 3.16. The van der Waals surface area contributed by atoms with E-state index in [1.54, 1.807) is 7.05 Å². The Hall–Kier alpha value is -1.77. The average Bonchev–Trinajstić information content (AvgIpc) is 2.43. The zero-order chi connectivity index (χ0) is 14.1. The molecule has 0 radical (unpaired) electrons. The number of nitrogens with one attached hydrogen (secondary N) is 2. The van der Waals surface area contributed by atoms with E-state index < -0.39 is 0 Å². The van der Waals surface area contributed by atoms with E-state index >= 15 is 0 Å². The first kappa shape index (κ1) is 15.3. The molecule has 19 heavy (non-hydrogen) atoms. The molecule has 0 aliphatic rings. The van der Waals surface area contributed by atoms with Gasteiger partial charge in [0.05, 0.1) is 0 Å². The summed E-state index contributed by atoms with van der Waals surface area (Å²) in [6.45, 7) is 9.78. The van der Waals surface area contributed by atoms with E-state index in [-0.39, 0.29) is 0 Å². The van der Waals surface area contributed by atoms with Gasteiger partial charge in [-0.2, -0.15) is 0 Å². The molecule has 0 aromatic heterocycles. The molecular formula is C16H25N3. The lowest BCUT2D eigenvalue weighted by atomic mass is 9.88. The lowest BCUT2D eigenvalue weighted by Crippen LogP contribution is -2.40. The molecule has 1 aromatic rings. The van der Waals surface area contributed by atoms with Crippen molar-refractivity contribution in [2.75, 3.05) is 20.1 Å². The van der Waals surface area contributed by atoms with Crippen LogP contribution in [-0.2, 0) is 0 Å². The van der Waals surface area contributed by atoms with Gasteiger partial charge < -0.3 is 10.6 Å². The van der Waals surface area contributed by atoms with Gasteiger partial charge in [-0.3, -0.25) is 4.99 Å². The van der Waals surface area contributed by atoms with Gasteiger partial charge in [-0.15, -0.1) is 6.58 Å². The summed E-state index contributed by atoms with van der Waals surface area (Å²) >= 11 is 0. The molecule has 0 saturated carbocycles. The van der Waals surface area contributed by atoms with Crippen LogP contribution in [-0.4, -0.2) is 26.1 Å². The summed E-state index contributed by atoms with van der Waals surface area (Å²) in [6.07, 6.45) is 1.82. The van der Waals surface area contributed by atoms with Crippen LogP contribution in [0.3, 0.4) is 0 Å². The highest BCUT2D eigenvalue weighted by atomic mass is 15.2. The third-order valence-electron chi connectivity index (χ3n) is 3.16. The van der Waals surface area contributed by atoms with E-state index in [0.29, 0.717) is 11.8 Å². The molecule has 0 aliphatic carbocycles. The SMILES string of the molecule is C=CCNC(=NC)NCC(c1ccccc1)C(C)C. The molecule has 104 valence electrons. The summed E-state index contributed by atoms with van der Waals surface area (Å²) in [5.41, 5.74) is 1.36. The van der Waals surface area contributed by atoms with Crippen molar-refractivity contribution in [3.63, 3.8) is 0 Å². The Kier molecular flexibility index (Phi) is 6.72. The van der Waals surface area contributed by atoms with Crippen LogP contribution in [0.5, 0.6) is 0 Å². The zero-order valence-corrected chi connectivity index (χ0v) is 12.2. The Balaban J connectivity index is 2.62. The molecule has 3 heteroatoms. The van der Waals surface area contributed by atoms with Crippen LogP contribution in [0.4, 0.5) is 0 Å². The quantitative estimate of drug-likeness (QED) is 0.468. The first-order valence-corrected chi connectivity index (χ1v) is 6.79. The van der Waals surface area contributed by atoms with Gasteiger partial charge in [-0.05, 0) is 11.5 Å². The van der Waals surface area contributed by atoms with Gasteiger partial charge in [0.15, 0.2) is 5.96 Å². The second-order valence-corrected chi connectivity index (χ2v) is 4.88. The van der Waals surface area contributed by atoms with Crippen LogP contribution in [0, 0.1) is 5.92 Å². The predicted molar refractivity (Wildman–Crippen MR) is 83.6 cm³/mol. The summed E-state index contributed by atoms with van der Waals surface area (Å²) in [5.74, 6) is 1.87. The van der Waals surface area contributed by atoms with Crippen LogP contribution < -0.4 is 10.6 Å². The zero-order valence-electron chi connectivity index (χ0n) is 12.2. The van der Waals surface area contributed by atoms with Gasteiger partial charge in [0.1, 0.15) is 0 Å². The largest absolute Gasteiger partial charge is 0.356 e. The number of aliphatic imine (C=N–C) groups is 1. The van der Waals surface area contributed by atoms with E-state index in [0.717, 1.165) is 19.0 Å². The number of rotatable bonds is 6. The van der Waals surface area contributed by atoms with E-state index in [2.05, 4.69) is 66.4 Å². The summed E-state index contributed by atoms with van der Waals surface area (Å²) in [5, 5.41) is 6.56. The van der Waals surface area contributed by atoms with E-state index in [1.165, 1.54) is 5.56 Å². The molecule has 1 unspecified atom stereocenters. The highest BCUT2D eigenvalue weighted by Gasteiger charge is 2.15. The minimum atomic E-state index is 0.475. The number of benzene rings is 1. The maximum absolute atomic E-state index is 4.20. The number of hydrogen-bond acceptors (Lipinski definition) is 1. The van der Waals surface area contributed by atoms with Gasteiger partial charge in [0.25, 0.3) is 0 Å². The van der Waals surface area contributed by atoms with E-state index in [4.69, 9.17) is 0 Å². The fourth-order valence-electron chi connectivity index (χ4n) is 2.03. The normalized spacial score (nSPS) is 13.2. The van der Waals surface area contributed by atoms with Gasteiger partial charge >= 0.3 is 0 Å². The van der Waals surface area contributed by atoms with Crippen LogP contribution in [0.25, 0.3) is 0 Å². The van der Waals surface area contributed by atoms with Crippen molar-refractivity contribution in [3.8, 4) is 0 Å². The average molecular weight is 259 g/mol. The molecule has 0 heterocycles. The molecule has 0 spiro atoms. The van der Waals surface area contributed by atoms with Crippen LogP contribution >= 0.6 is 0 Å². The second kappa shape index (κ2) is 8.35. The van der Waals surface area contributed by atoms with Gasteiger partial charge in [0, 0.05) is 26.1 Å². The molecule has 0 fully saturated rings. The topological polar surface area (TPSA) is 36.4 Å². The van der Waals surface area contributed by atoms with Crippen LogP contribution in [0.1, 0.15) is 25.3 Å². The molecule has 1 atom stereocenters. The second-order valence-electron chi connectivity index (χ2n) is 4.88. The molecule has 0 bridgehead atoms. The number of guanidine groups is 1. The molecule has 0 aliphatic heterocycles. The van der Waals surface area contributed by atoms with Crippen molar-refractivity contribution in [2.24, 2.45) is 10.9 Å². The standard InChI is InChI=1S/C16H25N3/c1-5-11-18-16(17-4)19-12-15(13(2)3)14-9-7-6-8-10-14/h5-10,13,15H,1,11-12H2,2-4H3,(H2,17,18,19). The smallest absolute Gasteiger partial charge is 0.191 e. The summed E-state index contributed by atoms with van der Waals surface area (Å²) in [4.78, 5) is 4.20. The molecule has 0 saturated heterocycles.